The molecule has 0 saturated carbocycles. The van der Waals surface area contributed by atoms with Gasteiger partial charge in [0.05, 0.1) is 18.9 Å². The Kier molecular flexibility index (Phi) is 3.54. The summed E-state index contributed by atoms with van der Waals surface area (Å²) in [6.07, 6.45) is 10.7. The summed E-state index contributed by atoms with van der Waals surface area (Å²) in [5, 5.41) is 3.33. The molecule has 0 saturated heterocycles. The number of hydrogen-bond donors (Lipinski definition) is 1. The summed E-state index contributed by atoms with van der Waals surface area (Å²) >= 11 is 0. The first kappa shape index (κ1) is 11.9. The Hall–Kier alpha value is -2.16. The summed E-state index contributed by atoms with van der Waals surface area (Å²) in [6, 6.07) is 10.6. The van der Waals surface area contributed by atoms with Gasteiger partial charge >= 0.3 is 0 Å². The minimum atomic E-state index is 0.900. The average molecular weight is 253 g/mol. The van der Waals surface area contributed by atoms with Gasteiger partial charge in [-0.25, -0.2) is 0 Å². The molecule has 2 aliphatic rings. The first-order valence-electron chi connectivity index (χ1n) is 6.70. The average Bonchev–Trinajstić information content (AvgIpc) is 2.88. The molecule has 0 spiro atoms. The molecule has 1 aromatic rings. The molecule has 0 fully saturated rings. The monoisotopic (exact) mass is 253 g/mol. The Morgan fingerprint density at radius 1 is 1.05 bits per heavy atom. The number of nitrogens with zero attached hydrogens (tertiary/aromatic N) is 2. The topological polar surface area (TPSA) is 18.5 Å². The van der Waals surface area contributed by atoms with E-state index in [0.717, 1.165) is 26.3 Å². The van der Waals surface area contributed by atoms with Crippen molar-refractivity contribution in [1.82, 2.24) is 15.1 Å². The molecule has 2 heterocycles. The van der Waals surface area contributed by atoms with Crippen LogP contribution in [0.1, 0.15) is 5.56 Å². The summed E-state index contributed by atoms with van der Waals surface area (Å²) in [5.41, 5.74) is 2.70. The van der Waals surface area contributed by atoms with Gasteiger partial charge in [0.15, 0.2) is 0 Å². The van der Waals surface area contributed by atoms with E-state index in [4.69, 9.17) is 0 Å². The van der Waals surface area contributed by atoms with Gasteiger partial charge in [0.2, 0.25) is 0 Å². The highest BCUT2D eigenvalue weighted by molar-refractivity contribution is 5.18. The molecule has 3 rings (SSSR count). The Bertz CT molecular complexity index is 502. The zero-order valence-corrected chi connectivity index (χ0v) is 11.0. The third kappa shape index (κ3) is 2.99. The molecule has 0 aliphatic carbocycles. The molecule has 0 radical (unpaired) electrons. The molecule has 1 aromatic carbocycles. The van der Waals surface area contributed by atoms with Gasteiger partial charge in [-0.1, -0.05) is 42.5 Å². The maximum absolute atomic E-state index is 3.33. The van der Waals surface area contributed by atoms with Crippen LogP contribution in [0, 0.1) is 0 Å². The molecule has 0 bridgehead atoms. The van der Waals surface area contributed by atoms with Crippen LogP contribution in [0.2, 0.25) is 0 Å². The van der Waals surface area contributed by atoms with Crippen molar-refractivity contribution in [2.24, 2.45) is 0 Å². The SMILES string of the molecule is C1=CCN(CC2=CNCN2Cc2ccccc2)C=C1. The predicted molar refractivity (Wildman–Crippen MR) is 77.9 cm³/mol. The van der Waals surface area contributed by atoms with Crippen LogP contribution in [0.3, 0.4) is 0 Å². The van der Waals surface area contributed by atoms with E-state index in [-0.39, 0.29) is 0 Å². The lowest BCUT2D eigenvalue weighted by atomic mass is 10.2. The Labute approximate surface area is 114 Å². The normalized spacial score (nSPS) is 17.6. The highest BCUT2D eigenvalue weighted by atomic mass is 15.3. The number of benzene rings is 1. The standard InChI is InChI=1S/C16H19N3/c1-3-7-15(8-4-1)12-19-14-17-11-16(19)13-18-9-5-2-6-10-18/h1-9,11,17H,10,12-14H2. The van der Waals surface area contributed by atoms with E-state index in [9.17, 15) is 0 Å². The van der Waals surface area contributed by atoms with E-state index in [2.05, 4.69) is 76.1 Å². The van der Waals surface area contributed by atoms with Crippen LogP contribution in [0.15, 0.2) is 66.7 Å². The van der Waals surface area contributed by atoms with Gasteiger partial charge in [-0.3, -0.25) is 0 Å². The summed E-state index contributed by atoms with van der Waals surface area (Å²) in [7, 11) is 0. The van der Waals surface area contributed by atoms with Crippen LogP contribution in [0.25, 0.3) is 0 Å². The van der Waals surface area contributed by atoms with Gasteiger partial charge in [0, 0.05) is 19.3 Å². The lowest BCUT2D eigenvalue weighted by Crippen LogP contribution is -2.30. The van der Waals surface area contributed by atoms with Crippen molar-refractivity contribution in [2.75, 3.05) is 19.8 Å². The number of hydrogen-bond acceptors (Lipinski definition) is 3. The van der Waals surface area contributed by atoms with Crippen LogP contribution >= 0.6 is 0 Å². The molecule has 2 aliphatic heterocycles. The van der Waals surface area contributed by atoms with Crippen LogP contribution in [-0.2, 0) is 6.54 Å². The highest BCUT2D eigenvalue weighted by Crippen LogP contribution is 2.15. The van der Waals surface area contributed by atoms with Crippen LogP contribution < -0.4 is 5.32 Å². The van der Waals surface area contributed by atoms with Gasteiger partial charge in [0.25, 0.3) is 0 Å². The van der Waals surface area contributed by atoms with E-state index < -0.39 is 0 Å². The predicted octanol–water partition coefficient (Wildman–Crippen LogP) is 2.28. The zero-order valence-electron chi connectivity index (χ0n) is 11.0. The van der Waals surface area contributed by atoms with E-state index in [1.54, 1.807) is 0 Å². The fraction of sp³-hybridized carbons (Fsp3) is 0.250. The second-order valence-corrected chi connectivity index (χ2v) is 4.88. The van der Waals surface area contributed by atoms with Gasteiger partial charge < -0.3 is 15.1 Å². The fourth-order valence-electron chi connectivity index (χ4n) is 2.41. The Morgan fingerprint density at radius 3 is 2.74 bits per heavy atom. The molecule has 0 amide bonds. The molecule has 3 nitrogen and oxygen atoms in total. The molecule has 0 atom stereocenters. The molecule has 0 unspecified atom stereocenters. The maximum atomic E-state index is 3.33. The summed E-state index contributed by atoms with van der Waals surface area (Å²) in [5.74, 6) is 0. The smallest absolute Gasteiger partial charge is 0.0874 e. The third-order valence-corrected chi connectivity index (χ3v) is 3.42. The zero-order chi connectivity index (χ0) is 12.9. The highest BCUT2D eigenvalue weighted by Gasteiger charge is 2.16. The van der Waals surface area contributed by atoms with Crippen molar-refractivity contribution in [2.45, 2.75) is 6.54 Å². The first-order valence-corrected chi connectivity index (χ1v) is 6.70. The molecule has 19 heavy (non-hydrogen) atoms. The lowest BCUT2D eigenvalue weighted by Gasteiger charge is -2.27. The van der Waals surface area contributed by atoms with Crippen molar-refractivity contribution >= 4 is 0 Å². The van der Waals surface area contributed by atoms with Crippen molar-refractivity contribution in [3.63, 3.8) is 0 Å². The second kappa shape index (κ2) is 5.65. The van der Waals surface area contributed by atoms with Gasteiger partial charge in [-0.2, -0.15) is 0 Å². The Balaban J connectivity index is 1.61. The van der Waals surface area contributed by atoms with Crippen molar-refractivity contribution in [3.05, 3.63) is 72.2 Å². The molecule has 1 N–H and O–H groups in total. The van der Waals surface area contributed by atoms with Crippen LogP contribution in [-0.4, -0.2) is 29.6 Å². The second-order valence-electron chi connectivity index (χ2n) is 4.88. The van der Waals surface area contributed by atoms with E-state index in [1.165, 1.54) is 11.3 Å². The fourth-order valence-corrected chi connectivity index (χ4v) is 2.41. The summed E-state index contributed by atoms with van der Waals surface area (Å²) in [4.78, 5) is 4.71. The molecule has 3 heteroatoms. The van der Waals surface area contributed by atoms with E-state index in [0.29, 0.717) is 0 Å². The van der Waals surface area contributed by atoms with E-state index in [1.807, 2.05) is 0 Å². The Morgan fingerprint density at radius 2 is 1.95 bits per heavy atom. The van der Waals surface area contributed by atoms with Gasteiger partial charge in [-0.05, 0) is 17.8 Å². The van der Waals surface area contributed by atoms with Crippen LogP contribution in [0.4, 0.5) is 0 Å². The van der Waals surface area contributed by atoms with E-state index >= 15 is 0 Å². The van der Waals surface area contributed by atoms with Gasteiger partial charge in [-0.15, -0.1) is 0 Å². The van der Waals surface area contributed by atoms with Crippen molar-refractivity contribution in [1.29, 1.82) is 0 Å². The summed E-state index contributed by atoms with van der Waals surface area (Å²) < 4.78 is 0. The van der Waals surface area contributed by atoms with Gasteiger partial charge in [0.1, 0.15) is 0 Å². The maximum Gasteiger partial charge on any atom is 0.0874 e. The number of allylic oxidation sites excluding steroid dienone is 2. The van der Waals surface area contributed by atoms with Crippen molar-refractivity contribution < 1.29 is 0 Å². The van der Waals surface area contributed by atoms with Crippen molar-refractivity contribution in [3.8, 4) is 0 Å². The lowest BCUT2D eigenvalue weighted by molar-refractivity contribution is 0.314. The number of nitrogens with one attached hydrogen (secondary N) is 1. The van der Waals surface area contributed by atoms with Crippen LogP contribution in [0.5, 0.6) is 0 Å². The first-order chi connectivity index (χ1) is 9.42. The quantitative estimate of drug-likeness (QED) is 0.888. The molecule has 98 valence electrons. The minimum Gasteiger partial charge on any atom is -0.372 e. The minimum absolute atomic E-state index is 0.900. The molecule has 0 aromatic heterocycles. The number of rotatable bonds is 4. The molecular weight excluding hydrogens is 234 g/mol. The largest absolute Gasteiger partial charge is 0.372 e. The summed E-state index contributed by atoms with van der Waals surface area (Å²) in [6.45, 7) is 3.82. The third-order valence-electron chi connectivity index (χ3n) is 3.42. The molecular formula is C16H19N3.